The van der Waals surface area contributed by atoms with Crippen LogP contribution < -0.4 is 0 Å². The molecule has 0 bridgehead atoms. The highest BCUT2D eigenvalue weighted by atomic mass is 16.7. The number of cyclic esters (lactones) is 1. The number of hydrogen-bond donors (Lipinski definition) is 6. The van der Waals surface area contributed by atoms with Crippen LogP contribution in [0.1, 0.15) is 87.5 Å². The molecule has 6 rings (SSSR count). The summed E-state index contributed by atoms with van der Waals surface area (Å²) in [5.74, 6) is -0.0761. The first-order chi connectivity index (χ1) is 21.3. The Morgan fingerprint density at radius 3 is 2.24 bits per heavy atom. The van der Waals surface area contributed by atoms with E-state index in [0.29, 0.717) is 25.9 Å². The third kappa shape index (κ3) is 4.46. The van der Waals surface area contributed by atoms with Crippen molar-refractivity contribution in [3.63, 3.8) is 0 Å². The van der Waals surface area contributed by atoms with E-state index in [2.05, 4.69) is 61.5 Å². The summed E-state index contributed by atoms with van der Waals surface area (Å²) in [6.45, 7) is 17.1. The fraction of sp³-hybridized carbons (Fsp3) is 0.917. The quantitative estimate of drug-likeness (QED) is 0.151. The lowest BCUT2D eigenvalue weighted by Crippen LogP contribution is -2.71. The van der Waals surface area contributed by atoms with Crippen molar-refractivity contribution in [2.24, 2.45) is 56.7 Å². The predicted octanol–water partition coefficient (Wildman–Crippen LogP) is 2.55. The van der Waals surface area contributed by atoms with Gasteiger partial charge in [0.15, 0.2) is 6.29 Å². The predicted molar refractivity (Wildman–Crippen MR) is 168 cm³/mol. The second kappa shape index (κ2) is 11.2. The Morgan fingerprint density at radius 2 is 1.61 bits per heavy atom. The van der Waals surface area contributed by atoms with E-state index in [9.17, 15) is 35.4 Å². The maximum Gasteiger partial charge on any atom is 0.310 e. The SMILES string of the molecule is CC(C)[C@H]1COC(=O)[C@@H]2[C@]1(C)[C@H](O)C[C@]1(C)[C@H]3CC[C@@H]4C(C)(C)[C@@H](O[C@@H]5O[C@H](CO)[C@@H](O)[C@H](O)[C@H]5O)[C@H](O)C[C@]4(C)C3=CC[C@@]21C. The third-order valence-corrected chi connectivity index (χ3v) is 15.0. The molecule has 0 unspecified atom stereocenters. The minimum atomic E-state index is -1.56. The maximum atomic E-state index is 13.8. The van der Waals surface area contributed by atoms with Gasteiger partial charge in [0.25, 0.3) is 0 Å². The molecule has 0 aromatic carbocycles. The average Bonchev–Trinajstić information content (AvgIpc) is 2.96. The van der Waals surface area contributed by atoms with Gasteiger partial charge in [-0.1, -0.05) is 67.0 Å². The van der Waals surface area contributed by atoms with Gasteiger partial charge in [-0.3, -0.25) is 4.79 Å². The van der Waals surface area contributed by atoms with Crippen LogP contribution in [-0.2, 0) is 19.0 Å². The molecular weight excluding hydrogens is 592 g/mol. The summed E-state index contributed by atoms with van der Waals surface area (Å²) in [4.78, 5) is 13.8. The first-order valence-electron chi connectivity index (χ1n) is 17.5. The molecule has 0 spiro atoms. The molecule has 2 heterocycles. The number of fused-ring (bicyclic) bond motifs is 7. The van der Waals surface area contributed by atoms with Crippen LogP contribution in [0.3, 0.4) is 0 Å². The molecule has 4 aliphatic carbocycles. The van der Waals surface area contributed by atoms with Gasteiger partial charge < -0.3 is 44.8 Å². The van der Waals surface area contributed by atoms with Crippen molar-refractivity contribution in [3.05, 3.63) is 11.6 Å². The number of aliphatic hydroxyl groups is 6. The summed E-state index contributed by atoms with van der Waals surface area (Å²) in [5, 5.41) is 64.9. The molecule has 10 nitrogen and oxygen atoms in total. The number of aliphatic hydroxyl groups excluding tert-OH is 6. The van der Waals surface area contributed by atoms with Crippen LogP contribution in [0.5, 0.6) is 0 Å². The minimum Gasteiger partial charge on any atom is -0.465 e. The Kier molecular flexibility index (Phi) is 8.46. The molecule has 6 N–H and O–H groups in total. The molecule has 0 radical (unpaired) electrons. The van der Waals surface area contributed by atoms with E-state index in [4.69, 9.17) is 14.2 Å². The molecule has 0 aromatic heterocycles. The van der Waals surface area contributed by atoms with Crippen LogP contribution in [0.25, 0.3) is 0 Å². The summed E-state index contributed by atoms with van der Waals surface area (Å²) in [7, 11) is 0. The van der Waals surface area contributed by atoms with E-state index in [1.807, 2.05) is 0 Å². The molecule has 0 aromatic rings. The minimum absolute atomic E-state index is 0.0696. The Labute approximate surface area is 273 Å². The Bertz CT molecular complexity index is 1230. The average molecular weight is 651 g/mol. The van der Waals surface area contributed by atoms with Crippen molar-refractivity contribution >= 4 is 5.97 Å². The lowest BCUT2D eigenvalue weighted by atomic mass is 9.34. The molecule has 2 saturated heterocycles. The number of hydrogen-bond acceptors (Lipinski definition) is 10. The monoisotopic (exact) mass is 650 g/mol. The maximum absolute atomic E-state index is 13.8. The molecule has 262 valence electrons. The van der Waals surface area contributed by atoms with Crippen LogP contribution in [0.15, 0.2) is 11.6 Å². The summed E-state index contributed by atoms with van der Waals surface area (Å²) in [6, 6.07) is 0. The molecule has 2 aliphatic heterocycles. The molecule has 6 aliphatic rings. The van der Waals surface area contributed by atoms with Crippen molar-refractivity contribution in [1.29, 1.82) is 0 Å². The number of carbonyl (C=O) groups is 1. The van der Waals surface area contributed by atoms with Crippen molar-refractivity contribution < 1.29 is 49.6 Å². The Balaban J connectivity index is 1.33. The highest BCUT2D eigenvalue weighted by Gasteiger charge is 2.73. The van der Waals surface area contributed by atoms with Gasteiger partial charge in [0, 0.05) is 11.3 Å². The van der Waals surface area contributed by atoms with Gasteiger partial charge in [-0.25, -0.2) is 0 Å². The second-order valence-corrected chi connectivity index (χ2v) is 17.6. The van der Waals surface area contributed by atoms with Crippen molar-refractivity contribution in [2.75, 3.05) is 13.2 Å². The normalized spacial score (nSPS) is 54.9. The summed E-state index contributed by atoms with van der Waals surface area (Å²) in [5.41, 5.74) is -1.04. The zero-order valence-corrected chi connectivity index (χ0v) is 28.8. The Hall–Kier alpha value is -1.11. The number of allylic oxidation sites excluding steroid dienone is 2. The first kappa shape index (κ1) is 34.7. The van der Waals surface area contributed by atoms with E-state index in [-0.39, 0.29) is 40.5 Å². The molecule has 0 amide bonds. The van der Waals surface area contributed by atoms with E-state index in [0.717, 1.165) is 12.8 Å². The molecule has 3 saturated carbocycles. The number of rotatable bonds is 4. The molecule has 46 heavy (non-hydrogen) atoms. The first-order valence-corrected chi connectivity index (χ1v) is 17.5. The fourth-order valence-electron chi connectivity index (χ4n) is 12.3. The van der Waals surface area contributed by atoms with Crippen LogP contribution in [0.4, 0.5) is 0 Å². The largest absolute Gasteiger partial charge is 0.465 e. The van der Waals surface area contributed by atoms with Crippen LogP contribution >= 0.6 is 0 Å². The van der Waals surface area contributed by atoms with Gasteiger partial charge >= 0.3 is 5.97 Å². The van der Waals surface area contributed by atoms with Gasteiger partial charge in [-0.15, -0.1) is 0 Å². The second-order valence-electron chi connectivity index (χ2n) is 17.6. The van der Waals surface area contributed by atoms with E-state index < -0.39 is 77.8 Å². The Morgan fingerprint density at radius 1 is 0.935 bits per heavy atom. The van der Waals surface area contributed by atoms with Crippen LogP contribution in [0, 0.1) is 56.7 Å². The van der Waals surface area contributed by atoms with Crippen molar-refractivity contribution in [3.8, 4) is 0 Å². The van der Waals surface area contributed by atoms with Crippen molar-refractivity contribution in [1.82, 2.24) is 0 Å². The molecule has 5 fully saturated rings. The van der Waals surface area contributed by atoms with Crippen LogP contribution in [-0.4, -0.2) is 98.8 Å². The standard InChI is InChI=1S/C36H58O10/c1-17(2)20-16-44-30(43)28-34(6)12-11-18-19(35(34,7)14-24(39)36(20,28)8)9-10-23-32(3,4)29(21(38)13-33(18,23)5)46-31-27(42)26(41)25(40)22(15-37)45-31/h11,17,19-29,31,37-42H,9-10,12-16H2,1-8H3/t19-,20+,21+,22+,23+,24+,25+,26-,27+,28-,29-,31-,33+,34-,35+,36-/m0/s1. The van der Waals surface area contributed by atoms with Gasteiger partial charge in [0.2, 0.25) is 0 Å². The van der Waals surface area contributed by atoms with E-state index in [1.54, 1.807) is 0 Å². The van der Waals surface area contributed by atoms with E-state index in [1.165, 1.54) is 5.57 Å². The lowest BCUT2D eigenvalue weighted by Gasteiger charge is -2.71. The topological polar surface area (TPSA) is 166 Å². The molecule has 10 heteroatoms. The highest BCUT2D eigenvalue weighted by molar-refractivity contribution is 5.76. The third-order valence-electron chi connectivity index (χ3n) is 15.0. The number of ether oxygens (including phenoxy) is 3. The van der Waals surface area contributed by atoms with Gasteiger partial charge in [-0.2, -0.15) is 0 Å². The number of esters is 1. The zero-order chi connectivity index (χ0) is 33.9. The smallest absolute Gasteiger partial charge is 0.310 e. The summed E-state index contributed by atoms with van der Waals surface area (Å²) < 4.78 is 17.9. The number of carbonyl (C=O) groups excluding carboxylic acids is 1. The lowest BCUT2D eigenvalue weighted by molar-refractivity contribution is -0.336. The fourth-order valence-corrected chi connectivity index (χ4v) is 12.3. The van der Waals surface area contributed by atoms with Crippen LogP contribution in [0.2, 0.25) is 0 Å². The molecular formula is C36H58O10. The van der Waals surface area contributed by atoms with Gasteiger partial charge in [-0.05, 0) is 71.5 Å². The molecule has 16 atom stereocenters. The zero-order valence-electron chi connectivity index (χ0n) is 28.8. The highest BCUT2D eigenvalue weighted by Crippen LogP contribution is 2.74. The van der Waals surface area contributed by atoms with Crippen molar-refractivity contribution in [2.45, 2.75) is 137 Å². The summed E-state index contributed by atoms with van der Waals surface area (Å²) >= 11 is 0. The van der Waals surface area contributed by atoms with Gasteiger partial charge in [0.05, 0.1) is 37.4 Å². The van der Waals surface area contributed by atoms with E-state index >= 15 is 0 Å². The summed E-state index contributed by atoms with van der Waals surface area (Å²) in [6.07, 6.45) is -3.57. The van der Waals surface area contributed by atoms with Gasteiger partial charge in [0.1, 0.15) is 24.4 Å².